The smallest absolute Gasteiger partial charge is 0.271 e. The molecule has 0 radical (unpaired) electrons. The van der Waals surface area contributed by atoms with Crippen molar-refractivity contribution in [3.63, 3.8) is 0 Å². The number of carbonyl (C=O) groups is 5. The normalized spacial score (nSPS) is 21.1. The van der Waals surface area contributed by atoms with Crippen LogP contribution in [0.4, 0.5) is 17.2 Å². The Labute approximate surface area is 299 Å². The zero-order valence-electron chi connectivity index (χ0n) is 28.4. The van der Waals surface area contributed by atoms with E-state index in [1.807, 2.05) is 18.2 Å². The molecule has 0 saturated carbocycles. The van der Waals surface area contributed by atoms with Gasteiger partial charge in [-0.3, -0.25) is 34.2 Å². The van der Waals surface area contributed by atoms with Crippen LogP contribution in [0.3, 0.4) is 0 Å². The topological polar surface area (TPSA) is 189 Å². The highest BCUT2D eigenvalue weighted by molar-refractivity contribution is 6.23. The fourth-order valence-electron chi connectivity index (χ4n) is 7.82. The summed E-state index contributed by atoms with van der Waals surface area (Å²) in [5, 5.41) is 9.62. The van der Waals surface area contributed by atoms with E-state index in [9.17, 15) is 24.0 Å². The van der Waals surface area contributed by atoms with Crippen molar-refractivity contribution in [2.24, 2.45) is 11.7 Å². The van der Waals surface area contributed by atoms with E-state index in [0.717, 1.165) is 68.3 Å². The van der Waals surface area contributed by atoms with E-state index >= 15 is 0 Å². The summed E-state index contributed by atoms with van der Waals surface area (Å²) in [5.74, 6) is -0.990. The van der Waals surface area contributed by atoms with Crippen molar-refractivity contribution in [3.8, 4) is 5.82 Å². The number of fused-ring (bicyclic) bond motifs is 1. The van der Waals surface area contributed by atoms with E-state index in [1.54, 1.807) is 35.3 Å². The zero-order valence-corrected chi connectivity index (χ0v) is 28.4. The minimum atomic E-state index is -0.971. The van der Waals surface area contributed by atoms with Crippen molar-refractivity contribution < 1.29 is 24.0 Å². The van der Waals surface area contributed by atoms with Crippen molar-refractivity contribution in [2.45, 2.75) is 44.1 Å². The first kappa shape index (κ1) is 33.2. The monoisotopic (exact) mass is 702 g/mol. The Morgan fingerprint density at radius 3 is 2.46 bits per heavy atom. The second kappa shape index (κ2) is 13.6. The van der Waals surface area contributed by atoms with E-state index in [0.29, 0.717) is 28.8 Å². The number of carbonyl (C=O) groups excluding carboxylic acids is 5. The Balaban J connectivity index is 0.841. The second-order valence-corrected chi connectivity index (χ2v) is 13.8. The number of likely N-dealkylation sites (tertiary alicyclic amines) is 1. The number of benzene rings is 2. The molecule has 2 aromatic carbocycles. The fraction of sp³-hybridized carbons (Fsp3) is 0.351. The molecule has 5 amide bonds. The lowest BCUT2D eigenvalue weighted by atomic mass is 9.89. The molecule has 15 nitrogen and oxygen atoms in total. The van der Waals surface area contributed by atoms with Crippen LogP contribution < -0.4 is 21.3 Å². The highest BCUT2D eigenvalue weighted by Gasteiger charge is 2.45. The van der Waals surface area contributed by atoms with Gasteiger partial charge in [-0.15, -0.1) is 0 Å². The lowest BCUT2D eigenvalue weighted by molar-refractivity contribution is -0.136. The number of aromatic nitrogens is 4. The van der Waals surface area contributed by atoms with Crippen LogP contribution in [0.1, 0.15) is 74.8 Å². The highest BCUT2D eigenvalue weighted by atomic mass is 16.2. The van der Waals surface area contributed by atoms with Crippen molar-refractivity contribution in [1.29, 1.82) is 0 Å². The van der Waals surface area contributed by atoms with Crippen LogP contribution in [0, 0.1) is 5.92 Å². The van der Waals surface area contributed by atoms with Crippen LogP contribution in [-0.4, -0.2) is 97.8 Å². The van der Waals surface area contributed by atoms with Gasteiger partial charge in [0.15, 0.2) is 17.3 Å². The quantitative estimate of drug-likeness (QED) is 0.218. The van der Waals surface area contributed by atoms with Crippen LogP contribution in [0.25, 0.3) is 5.82 Å². The standard InChI is InChI=1S/C37H38N10O5/c38-33(49)32-34(42-30(19-39-32)46-14-1-13-40-46)41-25-4-2-23(3-5-25)24-11-15-44(16-12-24)20-22-10-17-45(21-22)26-6-7-27-28(18-26)37(52)47(36(27)51)29-8-9-31(48)43-35(29)50/h1-7,13-14,18-19,22,24,29H,8-12,15-17,20-21H2,(H2,38,49)(H,41,42)(H,43,48,50)/t22-,29?/m1/s1. The van der Waals surface area contributed by atoms with E-state index in [-0.39, 0.29) is 24.4 Å². The molecule has 6 heterocycles. The lowest BCUT2D eigenvalue weighted by Gasteiger charge is -2.34. The molecule has 1 unspecified atom stereocenters. The predicted octanol–water partition coefficient (Wildman–Crippen LogP) is 2.61. The lowest BCUT2D eigenvalue weighted by Crippen LogP contribution is -2.54. The molecule has 0 bridgehead atoms. The number of nitrogens with two attached hydrogens (primary N) is 1. The molecule has 2 atom stereocenters. The molecule has 8 rings (SSSR count). The Kier molecular flexibility index (Phi) is 8.71. The van der Waals surface area contributed by atoms with Crippen LogP contribution in [0.5, 0.6) is 0 Å². The summed E-state index contributed by atoms with van der Waals surface area (Å²) in [7, 11) is 0. The van der Waals surface area contributed by atoms with Gasteiger partial charge in [0.2, 0.25) is 11.8 Å². The number of anilines is 3. The minimum absolute atomic E-state index is 0.0509. The average Bonchev–Trinajstić information content (AvgIpc) is 3.90. The maximum absolute atomic E-state index is 13.3. The molecule has 3 fully saturated rings. The van der Waals surface area contributed by atoms with Crippen LogP contribution in [0.2, 0.25) is 0 Å². The number of nitrogens with one attached hydrogen (secondary N) is 2. The molecule has 0 aliphatic carbocycles. The number of hydrogen-bond acceptors (Lipinski definition) is 11. The maximum atomic E-state index is 13.3. The number of piperidine rings is 2. The number of rotatable bonds is 9. The first-order valence-electron chi connectivity index (χ1n) is 17.6. The molecule has 4 aliphatic heterocycles. The molecule has 2 aromatic heterocycles. The molecule has 4 N–H and O–H groups in total. The summed E-state index contributed by atoms with van der Waals surface area (Å²) in [4.78, 5) is 77.0. The van der Waals surface area contributed by atoms with Gasteiger partial charge in [-0.25, -0.2) is 14.6 Å². The number of hydrogen-bond donors (Lipinski definition) is 3. The van der Waals surface area contributed by atoms with Gasteiger partial charge in [0.1, 0.15) is 6.04 Å². The molecule has 3 saturated heterocycles. The minimum Gasteiger partial charge on any atom is -0.371 e. The Bertz CT molecular complexity index is 2060. The van der Waals surface area contributed by atoms with Crippen molar-refractivity contribution in [3.05, 3.63) is 89.5 Å². The van der Waals surface area contributed by atoms with Crippen LogP contribution >= 0.6 is 0 Å². The van der Waals surface area contributed by atoms with Gasteiger partial charge in [-0.05, 0) is 92.6 Å². The first-order valence-corrected chi connectivity index (χ1v) is 17.6. The largest absolute Gasteiger partial charge is 0.371 e. The Morgan fingerprint density at radius 1 is 0.942 bits per heavy atom. The third-order valence-electron chi connectivity index (χ3n) is 10.6. The molecule has 0 spiro atoms. The van der Waals surface area contributed by atoms with Gasteiger partial charge in [-0.1, -0.05) is 12.1 Å². The maximum Gasteiger partial charge on any atom is 0.271 e. The molecule has 15 heteroatoms. The second-order valence-electron chi connectivity index (χ2n) is 13.8. The van der Waals surface area contributed by atoms with Gasteiger partial charge in [-0.2, -0.15) is 5.10 Å². The molecule has 4 aromatic rings. The van der Waals surface area contributed by atoms with Crippen LogP contribution in [0.15, 0.2) is 67.1 Å². The third-order valence-corrected chi connectivity index (χ3v) is 10.6. The Morgan fingerprint density at radius 2 is 1.73 bits per heavy atom. The van der Waals surface area contributed by atoms with Crippen molar-refractivity contribution in [1.82, 2.24) is 34.9 Å². The SMILES string of the molecule is NC(=O)c1ncc(-n2cccn2)nc1Nc1ccc(C2CCN(C[C@H]3CCN(c4ccc5c(c4)C(=O)N(C4CCC(=O)NC4=O)C5=O)C3)CC2)cc1. The summed E-state index contributed by atoms with van der Waals surface area (Å²) in [6.45, 7) is 4.73. The average molecular weight is 703 g/mol. The van der Waals surface area contributed by atoms with E-state index < -0.39 is 35.6 Å². The third kappa shape index (κ3) is 6.38. The number of amides is 5. The van der Waals surface area contributed by atoms with Gasteiger partial charge in [0.05, 0.1) is 17.3 Å². The van der Waals surface area contributed by atoms with Gasteiger partial charge in [0, 0.05) is 49.8 Å². The van der Waals surface area contributed by atoms with Crippen molar-refractivity contribution >= 4 is 46.7 Å². The molecule has 52 heavy (non-hydrogen) atoms. The van der Waals surface area contributed by atoms with Crippen LogP contribution in [-0.2, 0) is 9.59 Å². The first-order chi connectivity index (χ1) is 25.2. The Hall–Kier alpha value is -5.96. The van der Waals surface area contributed by atoms with Gasteiger partial charge >= 0.3 is 0 Å². The van der Waals surface area contributed by atoms with Crippen molar-refractivity contribution in [2.75, 3.05) is 42.9 Å². The number of nitrogens with zero attached hydrogens (tertiary/aromatic N) is 7. The summed E-state index contributed by atoms with van der Waals surface area (Å²) in [6.07, 6.45) is 8.21. The fourth-order valence-corrected chi connectivity index (χ4v) is 7.82. The van der Waals surface area contributed by atoms with E-state index in [4.69, 9.17) is 5.73 Å². The molecular weight excluding hydrogens is 664 g/mol. The molecular formula is C37H38N10O5. The molecule has 266 valence electrons. The van der Waals surface area contributed by atoms with E-state index in [1.165, 1.54) is 11.8 Å². The predicted molar refractivity (Wildman–Crippen MR) is 189 cm³/mol. The number of imide groups is 2. The molecule has 4 aliphatic rings. The summed E-state index contributed by atoms with van der Waals surface area (Å²) in [6, 6.07) is 14.3. The highest BCUT2D eigenvalue weighted by Crippen LogP contribution is 2.34. The summed E-state index contributed by atoms with van der Waals surface area (Å²) < 4.78 is 1.56. The van der Waals surface area contributed by atoms with Gasteiger partial charge in [0.25, 0.3) is 17.7 Å². The zero-order chi connectivity index (χ0) is 35.9. The summed E-state index contributed by atoms with van der Waals surface area (Å²) in [5.41, 5.74) is 9.16. The van der Waals surface area contributed by atoms with Gasteiger partial charge < -0.3 is 20.9 Å². The van der Waals surface area contributed by atoms with E-state index in [2.05, 4.69) is 47.6 Å². The number of primary amides is 1. The summed E-state index contributed by atoms with van der Waals surface area (Å²) >= 11 is 0.